The van der Waals surface area contributed by atoms with Gasteiger partial charge in [0.25, 0.3) is 11.5 Å². The molecule has 0 radical (unpaired) electrons. The molecule has 0 saturated heterocycles. The van der Waals surface area contributed by atoms with Crippen molar-refractivity contribution < 1.29 is 23.4 Å². The van der Waals surface area contributed by atoms with Crippen molar-refractivity contribution in [3.8, 4) is 28.7 Å². The van der Waals surface area contributed by atoms with Gasteiger partial charge in [0, 0.05) is 35.6 Å². The lowest BCUT2D eigenvalue weighted by Crippen LogP contribution is -2.42. The number of pyridine rings is 1. The van der Waals surface area contributed by atoms with Gasteiger partial charge in [-0.2, -0.15) is 0 Å². The van der Waals surface area contributed by atoms with Gasteiger partial charge in [-0.15, -0.1) is 0 Å². The summed E-state index contributed by atoms with van der Waals surface area (Å²) in [4.78, 5) is 44.4. The Kier molecular flexibility index (Phi) is 8.21. The fraction of sp³-hybridized carbons (Fsp3) is 0.212. The summed E-state index contributed by atoms with van der Waals surface area (Å²) >= 11 is 0. The second-order valence-electron chi connectivity index (χ2n) is 10.5. The van der Waals surface area contributed by atoms with Gasteiger partial charge in [-0.25, -0.2) is 13.8 Å². The molecule has 0 aliphatic rings. The number of fused-ring (bicyclic) bond motifs is 1. The normalized spacial score (nSPS) is 11.1. The van der Waals surface area contributed by atoms with Crippen molar-refractivity contribution in [1.82, 2.24) is 14.1 Å². The van der Waals surface area contributed by atoms with Gasteiger partial charge in [-0.05, 0) is 87.4 Å². The predicted octanol–water partition coefficient (Wildman–Crippen LogP) is 5.95. The van der Waals surface area contributed by atoms with Crippen LogP contribution in [0.15, 0.2) is 76.6 Å². The van der Waals surface area contributed by atoms with Crippen molar-refractivity contribution in [1.29, 1.82) is 0 Å². The Hall–Kier alpha value is -5.45. The summed E-state index contributed by atoms with van der Waals surface area (Å²) in [6.45, 7) is 7.19. The molecule has 1 amide bonds. The van der Waals surface area contributed by atoms with Crippen LogP contribution in [0.4, 0.5) is 10.1 Å². The van der Waals surface area contributed by atoms with Gasteiger partial charge in [-0.1, -0.05) is 0 Å². The zero-order valence-corrected chi connectivity index (χ0v) is 25.1. The lowest BCUT2D eigenvalue weighted by atomic mass is 10.1. The van der Waals surface area contributed by atoms with Gasteiger partial charge in [-0.3, -0.25) is 19.1 Å². The Morgan fingerprint density at radius 3 is 2.16 bits per heavy atom. The number of ether oxygens (including phenoxy) is 3. The molecule has 10 nitrogen and oxygen atoms in total. The first kappa shape index (κ1) is 30.0. The minimum Gasteiger partial charge on any atom is -0.493 e. The molecule has 2 aromatic heterocycles. The van der Waals surface area contributed by atoms with Crippen LogP contribution in [0.1, 0.15) is 41.4 Å². The van der Waals surface area contributed by atoms with Crippen LogP contribution in [-0.4, -0.2) is 34.2 Å². The second kappa shape index (κ2) is 12.0. The Morgan fingerprint density at radius 2 is 1.55 bits per heavy atom. The Balaban J connectivity index is 1.49. The maximum Gasteiger partial charge on any atom is 0.335 e. The third kappa shape index (κ3) is 5.63. The summed E-state index contributed by atoms with van der Waals surface area (Å²) in [5.74, 6) is 0.995. The van der Waals surface area contributed by atoms with E-state index in [1.807, 2.05) is 13.8 Å². The van der Waals surface area contributed by atoms with Crippen molar-refractivity contribution in [3.63, 3.8) is 0 Å². The van der Waals surface area contributed by atoms with Crippen LogP contribution >= 0.6 is 0 Å². The smallest absolute Gasteiger partial charge is 0.335 e. The van der Waals surface area contributed by atoms with Crippen molar-refractivity contribution >= 4 is 22.5 Å². The van der Waals surface area contributed by atoms with Crippen LogP contribution in [0.5, 0.6) is 23.0 Å². The van der Waals surface area contributed by atoms with Crippen molar-refractivity contribution in [2.24, 2.45) is 0 Å². The predicted molar refractivity (Wildman–Crippen MR) is 165 cm³/mol. The highest BCUT2D eigenvalue weighted by molar-refractivity contribution is 6.04. The van der Waals surface area contributed by atoms with E-state index < -0.39 is 23.0 Å². The summed E-state index contributed by atoms with van der Waals surface area (Å²) in [5.41, 5.74) is 0.987. The van der Waals surface area contributed by atoms with Crippen LogP contribution in [0.3, 0.4) is 0 Å². The molecule has 0 bridgehead atoms. The molecule has 5 aromatic rings. The van der Waals surface area contributed by atoms with Crippen molar-refractivity contribution in [2.45, 2.75) is 33.7 Å². The number of rotatable bonds is 8. The first-order valence-electron chi connectivity index (χ1n) is 13.8. The van der Waals surface area contributed by atoms with Gasteiger partial charge >= 0.3 is 5.69 Å². The van der Waals surface area contributed by atoms with E-state index in [0.29, 0.717) is 34.2 Å². The van der Waals surface area contributed by atoms with Gasteiger partial charge in [0.1, 0.15) is 22.9 Å². The van der Waals surface area contributed by atoms with Gasteiger partial charge in [0.05, 0.1) is 25.4 Å². The average molecular weight is 599 g/mol. The molecular weight excluding hydrogens is 567 g/mol. The van der Waals surface area contributed by atoms with E-state index in [1.165, 1.54) is 22.9 Å². The molecule has 44 heavy (non-hydrogen) atoms. The largest absolute Gasteiger partial charge is 0.493 e. The second-order valence-corrected chi connectivity index (χ2v) is 10.5. The summed E-state index contributed by atoms with van der Waals surface area (Å²) in [5, 5.41) is 3.50. The van der Waals surface area contributed by atoms with Crippen LogP contribution in [0, 0.1) is 19.7 Å². The molecule has 5 rings (SSSR count). The summed E-state index contributed by atoms with van der Waals surface area (Å²) in [6.07, 6.45) is 2.89. The topological polar surface area (TPSA) is 114 Å². The van der Waals surface area contributed by atoms with E-state index in [9.17, 15) is 18.8 Å². The molecule has 0 spiro atoms. The molecule has 1 N–H and O–H groups in total. The minimum atomic E-state index is -0.818. The molecule has 3 aromatic carbocycles. The maximum absolute atomic E-state index is 13.5. The highest BCUT2D eigenvalue weighted by Crippen LogP contribution is 2.39. The molecule has 0 aliphatic carbocycles. The average Bonchev–Trinajstić information content (AvgIpc) is 2.99. The third-order valence-electron chi connectivity index (χ3n) is 7.14. The SMILES string of the molecule is COc1cc2nccc(Oc3c(C)cc(NC(=O)c4cn(C(C)C)c(=O)n(-c5ccc(F)cc5)c4=O)cc3C)c2cc1OC. The Labute approximate surface area is 252 Å². The van der Waals surface area contributed by atoms with Crippen molar-refractivity contribution in [2.75, 3.05) is 19.5 Å². The van der Waals surface area contributed by atoms with Gasteiger partial charge in [0.2, 0.25) is 0 Å². The Bertz CT molecular complexity index is 1990. The van der Waals surface area contributed by atoms with E-state index in [2.05, 4.69) is 10.3 Å². The highest BCUT2D eigenvalue weighted by atomic mass is 19.1. The molecule has 0 saturated carbocycles. The number of carbonyl (C=O) groups is 1. The molecule has 0 atom stereocenters. The number of nitrogens with zero attached hydrogens (tertiary/aromatic N) is 3. The molecule has 0 unspecified atom stereocenters. The van der Waals surface area contributed by atoms with Crippen LogP contribution in [0.2, 0.25) is 0 Å². The number of halogens is 1. The quantitative estimate of drug-likeness (QED) is 0.235. The number of nitrogens with one attached hydrogen (secondary N) is 1. The third-order valence-corrected chi connectivity index (χ3v) is 7.14. The maximum atomic E-state index is 13.5. The minimum absolute atomic E-state index is 0.151. The lowest BCUT2D eigenvalue weighted by Gasteiger charge is -2.17. The van der Waals surface area contributed by atoms with Crippen LogP contribution in [0.25, 0.3) is 16.6 Å². The molecule has 0 fully saturated rings. The Morgan fingerprint density at radius 1 is 0.909 bits per heavy atom. The fourth-order valence-electron chi connectivity index (χ4n) is 4.94. The zero-order valence-electron chi connectivity index (χ0n) is 25.1. The first-order chi connectivity index (χ1) is 21.0. The number of hydrogen-bond acceptors (Lipinski definition) is 7. The highest BCUT2D eigenvalue weighted by Gasteiger charge is 2.21. The number of hydrogen-bond donors (Lipinski definition) is 1. The number of aryl methyl sites for hydroxylation is 2. The summed E-state index contributed by atoms with van der Waals surface area (Å²) in [7, 11) is 3.11. The zero-order chi connectivity index (χ0) is 31.7. The van der Waals surface area contributed by atoms with Crippen LogP contribution < -0.4 is 30.8 Å². The van der Waals surface area contributed by atoms with E-state index in [4.69, 9.17) is 14.2 Å². The van der Waals surface area contributed by atoms with Gasteiger partial charge in [0.15, 0.2) is 11.5 Å². The summed E-state index contributed by atoms with van der Waals surface area (Å²) < 4.78 is 32.9. The van der Waals surface area contributed by atoms with Gasteiger partial charge < -0.3 is 19.5 Å². The number of carbonyl (C=O) groups excluding carboxylic acids is 1. The van der Waals surface area contributed by atoms with E-state index >= 15 is 0 Å². The number of anilines is 1. The first-order valence-corrected chi connectivity index (χ1v) is 13.8. The van der Waals surface area contributed by atoms with Crippen LogP contribution in [-0.2, 0) is 0 Å². The number of methoxy groups -OCH3 is 2. The number of amides is 1. The monoisotopic (exact) mass is 598 g/mol. The fourth-order valence-corrected chi connectivity index (χ4v) is 4.94. The van der Waals surface area contributed by atoms with E-state index in [-0.39, 0.29) is 17.3 Å². The van der Waals surface area contributed by atoms with E-state index in [0.717, 1.165) is 33.2 Å². The van der Waals surface area contributed by atoms with E-state index in [1.54, 1.807) is 64.6 Å². The number of aromatic nitrogens is 3. The molecule has 226 valence electrons. The summed E-state index contributed by atoms with van der Waals surface area (Å²) in [6, 6.07) is 13.3. The molecule has 0 aliphatic heterocycles. The molecule has 11 heteroatoms. The molecular formula is C33H31FN4O6. The standard InChI is InChI=1S/C33H31FN4O6/c1-18(2)37-17-25(32(40)38(33(37)41)23-9-7-21(34)8-10-23)31(39)36-22-13-19(3)30(20(4)14-22)44-27-11-12-35-26-16-29(43-6)28(42-5)15-24(26)27/h7-18H,1-6H3,(H,36,39). The van der Waals surface area contributed by atoms with Crippen molar-refractivity contribution in [3.05, 3.63) is 110 Å². The molecule has 2 heterocycles. The number of benzene rings is 3. The lowest BCUT2D eigenvalue weighted by molar-refractivity contribution is 0.102.